The van der Waals surface area contributed by atoms with Crippen molar-refractivity contribution in [3.05, 3.63) is 80.9 Å². The van der Waals surface area contributed by atoms with Gasteiger partial charge in [-0.25, -0.2) is 4.98 Å². The summed E-state index contributed by atoms with van der Waals surface area (Å²) in [5.41, 5.74) is 3.21. The predicted molar refractivity (Wildman–Crippen MR) is 80.5 cm³/mol. The van der Waals surface area contributed by atoms with Crippen LogP contribution >= 0.6 is 11.6 Å². The van der Waals surface area contributed by atoms with E-state index in [1.807, 2.05) is 49.4 Å². The van der Waals surface area contributed by atoms with Crippen LogP contribution in [0.1, 0.15) is 16.8 Å². The molecule has 4 heteroatoms. The van der Waals surface area contributed by atoms with E-state index in [0.717, 1.165) is 16.8 Å². The molecule has 0 fully saturated rings. The van der Waals surface area contributed by atoms with Crippen LogP contribution in [0.5, 0.6) is 0 Å². The third-order valence-corrected chi connectivity index (χ3v) is 3.58. The van der Waals surface area contributed by atoms with Gasteiger partial charge >= 0.3 is 0 Å². The molecule has 3 aromatic rings. The zero-order chi connectivity index (χ0) is 14.1. The van der Waals surface area contributed by atoms with Crippen molar-refractivity contribution >= 4 is 17.2 Å². The molecule has 0 N–H and O–H groups in total. The molecular formula is C16H13ClN2O. The van der Waals surface area contributed by atoms with Crippen LogP contribution < -0.4 is 5.56 Å². The third kappa shape index (κ3) is 2.32. The van der Waals surface area contributed by atoms with E-state index in [0.29, 0.717) is 17.1 Å². The molecule has 0 radical (unpaired) electrons. The Kier molecular flexibility index (Phi) is 3.28. The van der Waals surface area contributed by atoms with Crippen LogP contribution in [0.2, 0.25) is 5.02 Å². The zero-order valence-electron chi connectivity index (χ0n) is 11.0. The number of hydrogen-bond acceptors (Lipinski definition) is 2. The van der Waals surface area contributed by atoms with E-state index in [1.54, 1.807) is 10.6 Å². The molecule has 0 saturated heterocycles. The van der Waals surface area contributed by atoms with Gasteiger partial charge in [-0.1, -0.05) is 29.8 Å². The number of nitrogens with zero attached hydrogens (tertiary/aromatic N) is 2. The van der Waals surface area contributed by atoms with Gasteiger partial charge in [0.05, 0.1) is 0 Å². The van der Waals surface area contributed by atoms with Gasteiger partial charge < -0.3 is 0 Å². The van der Waals surface area contributed by atoms with Gasteiger partial charge in [0.1, 0.15) is 5.65 Å². The highest BCUT2D eigenvalue weighted by Crippen LogP contribution is 2.13. The van der Waals surface area contributed by atoms with E-state index in [9.17, 15) is 4.79 Å². The highest BCUT2D eigenvalue weighted by atomic mass is 35.5. The van der Waals surface area contributed by atoms with Crippen LogP contribution in [-0.4, -0.2) is 9.38 Å². The summed E-state index contributed by atoms with van der Waals surface area (Å²) in [7, 11) is 0. The summed E-state index contributed by atoms with van der Waals surface area (Å²) >= 11 is 5.88. The second-order valence-corrected chi connectivity index (χ2v) is 5.15. The third-order valence-electron chi connectivity index (χ3n) is 3.33. The minimum absolute atomic E-state index is 0.0111. The highest BCUT2D eigenvalue weighted by Gasteiger charge is 2.10. The second kappa shape index (κ2) is 5.10. The lowest BCUT2D eigenvalue weighted by Crippen LogP contribution is -2.21. The Labute approximate surface area is 121 Å². The molecule has 3 rings (SSSR count). The molecule has 0 bridgehead atoms. The SMILES string of the molecule is Cc1nc2ccccn2c(=O)c1Cc1ccc(Cl)cc1. The molecule has 0 saturated carbocycles. The molecule has 3 nitrogen and oxygen atoms in total. The maximum absolute atomic E-state index is 12.5. The minimum Gasteiger partial charge on any atom is -0.269 e. The number of rotatable bonds is 2. The van der Waals surface area contributed by atoms with E-state index in [2.05, 4.69) is 4.98 Å². The van der Waals surface area contributed by atoms with Crippen LogP contribution in [0.25, 0.3) is 5.65 Å². The van der Waals surface area contributed by atoms with Crippen LogP contribution in [0.3, 0.4) is 0 Å². The Morgan fingerprint density at radius 3 is 2.65 bits per heavy atom. The average molecular weight is 285 g/mol. The fraction of sp³-hybridized carbons (Fsp3) is 0.125. The molecule has 2 heterocycles. The summed E-state index contributed by atoms with van der Waals surface area (Å²) in [4.78, 5) is 17.0. The number of aromatic nitrogens is 2. The Bertz CT molecular complexity index is 822. The maximum Gasteiger partial charge on any atom is 0.261 e. The van der Waals surface area contributed by atoms with Crippen LogP contribution in [0.15, 0.2) is 53.5 Å². The molecule has 0 aliphatic heterocycles. The fourth-order valence-corrected chi connectivity index (χ4v) is 2.37. The molecule has 2 aromatic heterocycles. The number of aryl methyl sites for hydroxylation is 1. The molecule has 0 unspecified atom stereocenters. The molecule has 100 valence electrons. The first-order valence-corrected chi connectivity index (χ1v) is 6.74. The van der Waals surface area contributed by atoms with Gasteiger partial charge in [0.15, 0.2) is 0 Å². The van der Waals surface area contributed by atoms with Crippen molar-refractivity contribution in [2.75, 3.05) is 0 Å². The largest absolute Gasteiger partial charge is 0.269 e. The molecule has 0 amide bonds. The monoisotopic (exact) mass is 284 g/mol. The van der Waals surface area contributed by atoms with Crippen molar-refractivity contribution in [2.45, 2.75) is 13.3 Å². The molecule has 20 heavy (non-hydrogen) atoms. The van der Waals surface area contributed by atoms with Crippen LogP contribution in [0, 0.1) is 6.92 Å². The molecule has 0 spiro atoms. The lowest BCUT2D eigenvalue weighted by atomic mass is 10.1. The summed E-state index contributed by atoms with van der Waals surface area (Å²) in [6.07, 6.45) is 2.31. The van der Waals surface area contributed by atoms with Crippen LogP contribution in [0.4, 0.5) is 0 Å². The average Bonchev–Trinajstić information content (AvgIpc) is 2.45. The van der Waals surface area contributed by atoms with E-state index in [-0.39, 0.29) is 5.56 Å². The second-order valence-electron chi connectivity index (χ2n) is 4.71. The van der Waals surface area contributed by atoms with Crippen molar-refractivity contribution in [3.63, 3.8) is 0 Å². The summed E-state index contributed by atoms with van der Waals surface area (Å²) in [5.74, 6) is 0. The standard InChI is InChI=1S/C16H13ClN2O/c1-11-14(10-12-5-7-13(17)8-6-12)16(20)19-9-3-2-4-15(19)18-11/h2-9H,10H2,1H3. The summed E-state index contributed by atoms with van der Waals surface area (Å²) < 4.78 is 1.58. The van der Waals surface area contributed by atoms with Crippen molar-refractivity contribution in [1.29, 1.82) is 0 Å². The van der Waals surface area contributed by atoms with E-state index >= 15 is 0 Å². The van der Waals surface area contributed by atoms with Crippen LogP contribution in [-0.2, 0) is 6.42 Å². The maximum atomic E-state index is 12.5. The Morgan fingerprint density at radius 1 is 1.15 bits per heavy atom. The van der Waals surface area contributed by atoms with Gasteiger partial charge in [-0.3, -0.25) is 9.20 Å². The van der Waals surface area contributed by atoms with Gasteiger partial charge in [-0.15, -0.1) is 0 Å². The fourth-order valence-electron chi connectivity index (χ4n) is 2.25. The summed E-state index contributed by atoms with van der Waals surface area (Å²) in [5, 5.41) is 0.693. The first kappa shape index (κ1) is 12.9. The Balaban J connectivity index is 2.11. The number of halogens is 1. The van der Waals surface area contributed by atoms with Crippen molar-refractivity contribution < 1.29 is 0 Å². The van der Waals surface area contributed by atoms with Gasteiger partial charge in [-0.05, 0) is 36.8 Å². The van der Waals surface area contributed by atoms with E-state index in [4.69, 9.17) is 11.6 Å². The molecular weight excluding hydrogens is 272 g/mol. The predicted octanol–water partition coefficient (Wildman–Crippen LogP) is 3.25. The summed E-state index contributed by atoms with van der Waals surface area (Å²) in [6, 6.07) is 13.1. The molecule has 1 aromatic carbocycles. The lowest BCUT2D eigenvalue weighted by molar-refractivity contribution is 0.951. The number of benzene rings is 1. The molecule has 0 atom stereocenters. The van der Waals surface area contributed by atoms with Gasteiger partial charge in [0.2, 0.25) is 0 Å². The topological polar surface area (TPSA) is 34.4 Å². The normalized spacial score (nSPS) is 10.9. The van der Waals surface area contributed by atoms with E-state index in [1.165, 1.54) is 0 Å². The van der Waals surface area contributed by atoms with Gasteiger partial charge in [0.25, 0.3) is 5.56 Å². The first-order valence-electron chi connectivity index (χ1n) is 6.36. The number of pyridine rings is 1. The first-order chi connectivity index (χ1) is 9.65. The van der Waals surface area contributed by atoms with E-state index < -0.39 is 0 Å². The highest BCUT2D eigenvalue weighted by molar-refractivity contribution is 6.30. The van der Waals surface area contributed by atoms with Crippen molar-refractivity contribution in [3.8, 4) is 0 Å². The van der Waals surface area contributed by atoms with Gasteiger partial charge in [0, 0.05) is 28.9 Å². The number of fused-ring (bicyclic) bond motifs is 1. The number of hydrogen-bond donors (Lipinski definition) is 0. The van der Waals surface area contributed by atoms with Crippen molar-refractivity contribution in [2.24, 2.45) is 0 Å². The molecule has 0 aliphatic rings. The Morgan fingerprint density at radius 2 is 1.90 bits per heavy atom. The van der Waals surface area contributed by atoms with Gasteiger partial charge in [-0.2, -0.15) is 0 Å². The smallest absolute Gasteiger partial charge is 0.261 e. The lowest BCUT2D eigenvalue weighted by Gasteiger charge is -2.08. The summed E-state index contributed by atoms with van der Waals surface area (Å²) in [6.45, 7) is 1.87. The Hall–Kier alpha value is -2.13. The minimum atomic E-state index is -0.0111. The van der Waals surface area contributed by atoms with Crippen molar-refractivity contribution in [1.82, 2.24) is 9.38 Å². The molecule has 0 aliphatic carbocycles. The quantitative estimate of drug-likeness (QED) is 0.724. The zero-order valence-corrected chi connectivity index (χ0v) is 11.8.